The van der Waals surface area contributed by atoms with Gasteiger partial charge in [-0.2, -0.15) is 5.10 Å². The second kappa shape index (κ2) is 8.25. The van der Waals surface area contributed by atoms with Gasteiger partial charge in [-0.15, -0.1) is 11.3 Å². The molecule has 1 N–H and O–H groups in total. The van der Waals surface area contributed by atoms with Crippen LogP contribution in [-0.2, 0) is 11.3 Å². The van der Waals surface area contributed by atoms with Gasteiger partial charge in [0.2, 0.25) is 0 Å². The smallest absolute Gasteiger partial charge is 0.0594 e. The highest BCUT2D eigenvalue weighted by Gasteiger charge is 2.23. The third-order valence-electron chi connectivity index (χ3n) is 4.43. The number of nitrogens with zero attached hydrogens (tertiary/aromatic N) is 3. The Labute approximate surface area is 148 Å². The van der Waals surface area contributed by atoms with Crippen molar-refractivity contribution in [2.45, 2.75) is 39.4 Å². The second-order valence-corrected chi connectivity index (χ2v) is 7.99. The minimum Gasteiger partial charge on any atom is -0.379 e. The second-order valence-electron chi connectivity index (χ2n) is 6.67. The minimum atomic E-state index is 0.411. The van der Waals surface area contributed by atoms with E-state index < -0.39 is 0 Å². The number of ether oxygens (including phenoxy) is 1. The Bertz CT molecular complexity index is 631. The summed E-state index contributed by atoms with van der Waals surface area (Å²) >= 11 is 1.90. The third kappa shape index (κ3) is 4.45. The molecule has 0 bridgehead atoms. The molecule has 0 radical (unpaired) electrons. The van der Waals surface area contributed by atoms with Crippen LogP contribution >= 0.6 is 11.3 Å². The van der Waals surface area contributed by atoms with Crippen LogP contribution in [0.3, 0.4) is 0 Å². The lowest BCUT2D eigenvalue weighted by Crippen LogP contribution is -2.42. The lowest BCUT2D eigenvalue weighted by Gasteiger charge is -2.34. The fourth-order valence-electron chi connectivity index (χ4n) is 3.04. The van der Waals surface area contributed by atoms with Crippen LogP contribution < -0.4 is 5.32 Å². The Morgan fingerprint density at radius 1 is 1.29 bits per heavy atom. The Morgan fingerprint density at radius 2 is 2.08 bits per heavy atom. The Kier molecular flexibility index (Phi) is 6.05. The number of hydrogen-bond acceptors (Lipinski definition) is 5. The van der Waals surface area contributed by atoms with Gasteiger partial charge < -0.3 is 10.1 Å². The van der Waals surface area contributed by atoms with E-state index in [1.54, 1.807) is 0 Å². The maximum Gasteiger partial charge on any atom is 0.0594 e. The van der Waals surface area contributed by atoms with Crippen LogP contribution in [-0.4, -0.2) is 47.5 Å². The maximum absolute atomic E-state index is 5.52. The molecular weight excluding hydrogens is 320 g/mol. The van der Waals surface area contributed by atoms with Crippen molar-refractivity contribution < 1.29 is 4.74 Å². The summed E-state index contributed by atoms with van der Waals surface area (Å²) < 4.78 is 7.53. The molecule has 3 heterocycles. The predicted octanol–water partition coefficient (Wildman–Crippen LogP) is 3.00. The first-order valence-corrected chi connectivity index (χ1v) is 9.57. The normalized spacial score (nSPS) is 17.5. The van der Waals surface area contributed by atoms with Gasteiger partial charge in [0.1, 0.15) is 0 Å². The van der Waals surface area contributed by atoms with Gasteiger partial charge in [0.15, 0.2) is 0 Å². The fourth-order valence-corrected chi connectivity index (χ4v) is 4.05. The zero-order valence-electron chi connectivity index (χ0n) is 14.9. The average molecular weight is 349 g/mol. The maximum atomic E-state index is 5.52. The number of aromatic nitrogens is 2. The van der Waals surface area contributed by atoms with Gasteiger partial charge in [0.05, 0.1) is 25.5 Å². The molecular formula is C18H28N4OS. The van der Waals surface area contributed by atoms with E-state index >= 15 is 0 Å². The van der Waals surface area contributed by atoms with Crippen molar-refractivity contribution >= 4 is 11.3 Å². The first kappa shape index (κ1) is 17.6. The number of thiophene rings is 1. The molecule has 0 aromatic carbocycles. The molecule has 1 saturated heterocycles. The topological polar surface area (TPSA) is 42.3 Å². The van der Waals surface area contributed by atoms with Gasteiger partial charge in [0.25, 0.3) is 0 Å². The summed E-state index contributed by atoms with van der Waals surface area (Å²) in [6, 6.07) is 5.33. The van der Waals surface area contributed by atoms with Crippen LogP contribution in [0, 0.1) is 6.92 Å². The van der Waals surface area contributed by atoms with Crippen LogP contribution in [0.2, 0.25) is 0 Å². The predicted molar refractivity (Wildman–Crippen MR) is 98.5 cm³/mol. The van der Waals surface area contributed by atoms with E-state index in [2.05, 4.69) is 54.4 Å². The lowest BCUT2D eigenvalue weighted by molar-refractivity contribution is 0.0168. The Hall–Kier alpha value is -1.21. The van der Waals surface area contributed by atoms with Crippen molar-refractivity contribution in [3.63, 3.8) is 0 Å². The molecule has 2 aromatic rings. The van der Waals surface area contributed by atoms with Crippen molar-refractivity contribution in [3.8, 4) is 0 Å². The Balaban J connectivity index is 1.60. The number of rotatable bonds is 7. The van der Waals surface area contributed by atoms with Gasteiger partial charge in [-0.05, 0) is 32.9 Å². The zero-order chi connectivity index (χ0) is 16.9. The summed E-state index contributed by atoms with van der Waals surface area (Å²) in [7, 11) is 0. The molecule has 2 aromatic heterocycles. The first-order chi connectivity index (χ1) is 11.6. The third-order valence-corrected chi connectivity index (χ3v) is 5.53. The molecule has 0 unspecified atom stereocenters. The van der Waals surface area contributed by atoms with E-state index in [9.17, 15) is 0 Å². The number of hydrogen-bond donors (Lipinski definition) is 1. The van der Waals surface area contributed by atoms with Crippen LogP contribution in [0.15, 0.2) is 24.5 Å². The molecule has 0 aliphatic carbocycles. The van der Waals surface area contributed by atoms with E-state index in [4.69, 9.17) is 4.74 Å². The Morgan fingerprint density at radius 3 is 2.71 bits per heavy atom. The minimum absolute atomic E-state index is 0.411. The highest BCUT2D eigenvalue weighted by atomic mass is 32.1. The van der Waals surface area contributed by atoms with Crippen LogP contribution in [0.25, 0.3) is 0 Å². The summed E-state index contributed by atoms with van der Waals surface area (Å²) in [4.78, 5) is 5.36. The molecule has 1 fully saturated rings. The largest absolute Gasteiger partial charge is 0.379 e. The first-order valence-electron chi connectivity index (χ1n) is 8.75. The summed E-state index contributed by atoms with van der Waals surface area (Å²) in [5.74, 6) is 0. The average Bonchev–Trinajstić information content (AvgIpc) is 3.22. The number of morpholine rings is 1. The van der Waals surface area contributed by atoms with Crippen LogP contribution in [0.5, 0.6) is 0 Å². The highest BCUT2D eigenvalue weighted by molar-refractivity contribution is 7.12. The van der Waals surface area contributed by atoms with E-state index in [1.165, 1.54) is 15.3 Å². The van der Waals surface area contributed by atoms with Gasteiger partial charge in [-0.25, -0.2) is 0 Å². The van der Waals surface area contributed by atoms with Crippen molar-refractivity contribution in [1.82, 2.24) is 20.0 Å². The van der Waals surface area contributed by atoms with Gasteiger partial charge in [-0.1, -0.05) is 0 Å². The molecule has 0 saturated carbocycles. The monoisotopic (exact) mass is 348 g/mol. The molecule has 0 spiro atoms. The number of nitrogens with one attached hydrogen (secondary N) is 1. The van der Waals surface area contributed by atoms with Crippen molar-refractivity contribution in [2.75, 3.05) is 32.8 Å². The summed E-state index contributed by atoms with van der Waals surface area (Å²) in [6.07, 6.45) is 4.10. The molecule has 3 rings (SSSR count). The van der Waals surface area contributed by atoms with Crippen molar-refractivity contribution in [2.24, 2.45) is 0 Å². The van der Waals surface area contributed by atoms with Crippen molar-refractivity contribution in [1.29, 1.82) is 0 Å². The molecule has 5 nitrogen and oxygen atoms in total. The van der Waals surface area contributed by atoms with E-state index in [-0.39, 0.29) is 0 Å². The molecule has 1 aliphatic heterocycles. The SMILES string of the molecule is Cc1ccc([C@@H](CNCc2cnn(C(C)C)c2)N2CCOCC2)s1. The van der Waals surface area contributed by atoms with E-state index in [1.807, 2.05) is 22.2 Å². The molecule has 1 aliphatic rings. The quantitative estimate of drug-likeness (QED) is 0.835. The highest BCUT2D eigenvalue weighted by Crippen LogP contribution is 2.28. The van der Waals surface area contributed by atoms with Gasteiger partial charge in [0, 0.05) is 53.7 Å². The summed E-state index contributed by atoms with van der Waals surface area (Å²) in [5, 5.41) is 8.05. The van der Waals surface area contributed by atoms with Crippen LogP contribution in [0.4, 0.5) is 0 Å². The van der Waals surface area contributed by atoms with Gasteiger partial charge >= 0.3 is 0 Å². The molecule has 24 heavy (non-hydrogen) atoms. The van der Waals surface area contributed by atoms with Gasteiger partial charge in [-0.3, -0.25) is 9.58 Å². The molecule has 0 amide bonds. The molecule has 132 valence electrons. The molecule has 1 atom stereocenters. The zero-order valence-corrected chi connectivity index (χ0v) is 15.7. The summed E-state index contributed by atoms with van der Waals surface area (Å²) in [5.41, 5.74) is 1.24. The van der Waals surface area contributed by atoms with E-state index in [0.717, 1.165) is 39.4 Å². The lowest BCUT2D eigenvalue weighted by atomic mass is 10.2. The molecule has 6 heteroatoms. The summed E-state index contributed by atoms with van der Waals surface area (Å²) in [6.45, 7) is 12.0. The van der Waals surface area contributed by atoms with E-state index in [0.29, 0.717) is 12.1 Å². The van der Waals surface area contributed by atoms with Crippen LogP contribution in [0.1, 0.15) is 41.2 Å². The number of aryl methyl sites for hydroxylation is 1. The van der Waals surface area contributed by atoms with Crippen molar-refractivity contribution in [3.05, 3.63) is 39.8 Å². The standard InChI is InChI=1S/C18H28N4OS/c1-14(2)22-13-16(11-20-22)10-19-12-17(18-5-4-15(3)24-18)21-6-8-23-9-7-21/h4-5,11,13-14,17,19H,6-10,12H2,1-3H3/t17-/m1/s1. The fraction of sp³-hybridized carbons (Fsp3) is 0.611.